The van der Waals surface area contributed by atoms with Gasteiger partial charge >= 0.3 is 0 Å². The lowest BCUT2D eigenvalue weighted by molar-refractivity contribution is 0.461. The fraction of sp³-hybridized carbons (Fsp3) is 0.333. The SMILES string of the molecule is CNCC(Cc1ccccc1C)Cc1c(F)cccc1F. The highest BCUT2D eigenvalue weighted by Gasteiger charge is 2.16. The summed E-state index contributed by atoms with van der Waals surface area (Å²) in [5, 5.41) is 3.12. The number of nitrogens with one attached hydrogen (secondary N) is 1. The van der Waals surface area contributed by atoms with E-state index in [0.717, 1.165) is 13.0 Å². The highest BCUT2D eigenvalue weighted by Crippen LogP contribution is 2.20. The molecule has 0 aliphatic rings. The van der Waals surface area contributed by atoms with Crippen LogP contribution in [0.3, 0.4) is 0 Å². The summed E-state index contributed by atoms with van der Waals surface area (Å²) < 4.78 is 27.6. The molecule has 0 radical (unpaired) electrons. The second-order valence-corrected chi connectivity index (χ2v) is 5.46. The molecule has 0 heterocycles. The lowest BCUT2D eigenvalue weighted by Crippen LogP contribution is -2.24. The average Bonchev–Trinajstić information content (AvgIpc) is 2.45. The van der Waals surface area contributed by atoms with Crippen LogP contribution < -0.4 is 5.32 Å². The van der Waals surface area contributed by atoms with Crippen LogP contribution in [0, 0.1) is 24.5 Å². The topological polar surface area (TPSA) is 12.0 Å². The Morgan fingerprint density at radius 2 is 1.62 bits per heavy atom. The van der Waals surface area contributed by atoms with E-state index in [9.17, 15) is 8.78 Å². The fourth-order valence-electron chi connectivity index (χ4n) is 2.67. The first-order valence-corrected chi connectivity index (χ1v) is 7.23. The maximum absolute atomic E-state index is 13.8. The summed E-state index contributed by atoms with van der Waals surface area (Å²) in [6.07, 6.45) is 1.20. The third-order valence-electron chi connectivity index (χ3n) is 3.82. The highest BCUT2D eigenvalue weighted by atomic mass is 19.1. The molecule has 0 bridgehead atoms. The van der Waals surface area contributed by atoms with Crippen LogP contribution >= 0.6 is 0 Å². The van der Waals surface area contributed by atoms with Gasteiger partial charge < -0.3 is 5.32 Å². The van der Waals surface area contributed by atoms with Crippen molar-refractivity contribution in [2.24, 2.45) is 5.92 Å². The quantitative estimate of drug-likeness (QED) is 0.850. The molecule has 1 N–H and O–H groups in total. The summed E-state index contributed by atoms with van der Waals surface area (Å²) >= 11 is 0. The zero-order valence-electron chi connectivity index (χ0n) is 12.5. The van der Waals surface area contributed by atoms with Gasteiger partial charge in [-0.2, -0.15) is 0 Å². The van der Waals surface area contributed by atoms with Crippen LogP contribution in [-0.4, -0.2) is 13.6 Å². The minimum Gasteiger partial charge on any atom is -0.319 e. The second-order valence-electron chi connectivity index (χ2n) is 5.46. The van der Waals surface area contributed by atoms with Crippen molar-refractivity contribution in [3.63, 3.8) is 0 Å². The summed E-state index contributed by atoms with van der Waals surface area (Å²) in [6, 6.07) is 12.2. The molecule has 1 unspecified atom stereocenters. The first-order valence-electron chi connectivity index (χ1n) is 7.23. The Labute approximate surface area is 125 Å². The minimum atomic E-state index is -0.458. The predicted octanol–water partition coefficient (Wildman–Crippen LogP) is 3.89. The zero-order chi connectivity index (χ0) is 15.2. The van der Waals surface area contributed by atoms with E-state index in [4.69, 9.17) is 0 Å². The van der Waals surface area contributed by atoms with Crippen LogP contribution in [0.1, 0.15) is 16.7 Å². The van der Waals surface area contributed by atoms with Crippen LogP contribution in [0.5, 0.6) is 0 Å². The smallest absolute Gasteiger partial charge is 0.129 e. The monoisotopic (exact) mass is 289 g/mol. The van der Waals surface area contributed by atoms with Gasteiger partial charge in [-0.25, -0.2) is 8.78 Å². The predicted molar refractivity (Wildman–Crippen MR) is 82.4 cm³/mol. The molecule has 1 nitrogen and oxygen atoms in total. The van der Waals surface area contributed by atoms with E-state index >= 15 is 0 Å². The van der Waals surface area contributed by atoms with Gasteiger partial charge in [0.25, 0.3) is 0 Å². The summed E-state index contributed by atoms with van der Waals surface area (Å²) in [5.41, 5.74) is 2.63. The van der Waals surface area contributed by atoms with E-state index in [1.807, 2.05) is 19.2 Å². The molecule has 0 aliphatic heterocycles. The van der Waals surface area contributed by atoms with Gasteiger partial charge in [-0.05, 0) is 62.5 Å². The number of benzene rings is 2. The van der Waals surface area contributed by atoms with Gasteiger partial charge in [0.05, 0.1) is 0 Å². The van der Waals surface area contributed by atoms with Gasteiger partial charge in [0, 0.05) is 5.56 Å². The number of hydrogen-bond donors (Lipinski definition) is 1. The van der Waals surface area contributed by atoms with Gasteiger partial charge in [0.1, 0.15) is 11.6 Å². The minimum absolute atomic E-state index is 0.155. The van der Waals surface area contributed by atoms with Crippen molar-refractivity contribution in [3.8, 4) is 0 Å². The van der Waals surface area contributed by atoms with E-state index in [1.165, 1.54) is 29.3 Å². The average molecular weight is 289 g/mol. The molecule has 0 spiro atoms. The first-order chi connectivity index (χ1) is 10.1. The molecule has 2 rings (SSSR count). The Bertz CT molecular complexity index is 575. The van der Waals surface area contributed by atoms with Gasteiger partial charge in [-0.3, -0.25) is 0 Å². The summed E-state index contributed by atoms with van der Waals surface area (Å²) in [6.45, 7) is 2.79. The van der Waals surface area contributed by atoms with Gasteiger partial charge in [-0.15, -0.1) is 0 Å². The standard InChI is InChI=1S/C18H21F2N/c1-13-6-3-4-7-15(13)10-14(12-21-2)11-16-17(19)8-5-9-18(16)20/h3-9,14,21H,10-12H2,1-2H3. The molecule has 0 aliphatic carbocycles. The van der Waals surface area contributed by atoms with E-state index in [0.29, 0.717) is 6.42 Å². The Morgan fingerprint density at radius 3 is 2.24 bits per heavy atom. The molecule has 2 aromatic carbocycles. The largest absolute Gasteiger partial charge is 0.319 e. The molecule has 0 aromatic heterocycles. The Kier molecular flexibility index (Phi) is 5.45. The fourth-order valence-corrected chi connectivity index (χ4v) is 2.67. The molecule has 2 aromatic rings. The Morgan fingerprint density at radius 1 is 0.952 bits per heavy atom. The van der Waals surface area contributed by atoms with Crippen molar-refractivity contribution in [2.45, 2.75) is 19.8 Å². The Hall–Kier alpha value is -1.74. The van der Waals surface area contributed by atoms with Crippen molar-refractivity contribution in [3.05, 3.63) is 70.8 Å². The van der Waals surface area contributed by atoms with Gasteiger partial charge in [0.15, 0.2) is 0 Å². The number of halogens is 2. The number of rotatable bonds is 6. The van der Waals surface area contributed by atoms with Gasteiger partial charge in [0.2, 0.25) is 0 Å². The van der Waals surface area contributed by atoms with E-state index in [-0.39, 0.29) is 11.5 Å². The van der Waals surface area contributed by atoms with Crippen LogP contribution in [0.15, 0.2) is 42.5 Å². The highest BCUT2D eigenvalue weighted by molar-refractivity contribution is 5.27. The third kappa shape index (κ3) is 4.11. The summed E-state index contributed by atoms with van der Waals surface area (Å²) in [5.74, 6) is -0.760. The van der Waals surface area contributed by atoms with Crippen LogP contribution in [0.2, 0.25) is 0 Å². The lowest BCUT2D eigenvalue weighted by Gasteiger charge is -2.18. The molecular weight excluding hydrogens is 268 g/mol. The number of hydrogen-bond acceptors (Lipinski definition) is 1. The molecule has 112 valence electrons. The molecule has 0 saturated carbocycles. The Balaban J connectivity index is 2.18. The lowest BCUT2D eigenvalue weighted by atomic mass is 9.90. The van der Waals surface area contributed by atoms with Crippen molar-refractivity contribution in [1.82, 2.24) is 5.32 Å². The normalized spacial score (nSPS) is 12.4. The second kappa shape index (κ2) is 7.32. The van der Waals surface area contributed by atoms with E-state index < -0.39 is 11.6 Å². The van der Waals surface area contributed by atoms with Crippen molar-refractivity contribution >= 4 is 0 Å². The molecule has 3 heteroatoms. The maximum atomic E-state index is 13.8. The summed E-state index contributed by atoms with van der Waals surface area (Å²) in [4.78, 5) is 0. The summed E-state index contributed by atoms with van der Waals surface area (Å²) in [7, 11) is 1.86. The molecule has 0 saturated heterocycles. The molecular formula is C18H21F2N. The molecule has 0 fully saturated rings. The molecule has 0 amide bonds. The first kappa shape index (κ1) is 15.6. The maximum Gasteiger partial charge on any atom is 0.129 e. The van der Waals surface area contributed by atoms with E-state index in [1.54, 1.807) is 0 Å². The van der Waals surface area contributed by atoms with Crippen molar-refractivity contribution in [2.75, 3.05) is 13.6 Å². The third-order valence-corrected chi connectivity index (χ3v) is 3.82. The van der Waals surface area contributed by atoms with Gasteiger partial charge in [-0.1, -0.05) is 30.3 Å². The zero-order valence-corrected chi connectivity index (χ0v) is 12.5. The van der Waals surface area contributed by atoms with Crippen LogP contribution in [0.4, 0.5) is 8.78 Å². The van der Waals surface area contributed by atoms with Crippen molar-refractivity contribution in [1.29, 1.82) is 0 Å². The number of aryl methyl sites for hydroxylation is 1. The van der Waals surface area contributed by atoms with Crippen LogP contribution in [-0.2, 0) is 12.8 Å². The van der Waals surface area contributed by atoms with Crippen molar-refractivity contribution < 1.29 is 8.78 Å². The van der Waals surface area contributed by atoms with Crippen LogP contribution in [0.25, 0.3) is 0 Å². The van der Waals surface area contributed by atoms with E-state index in [2.05, 4.69) is 24.4 Å². The molecule has 21 heavy (non-hydrogen) atoms. The molecule has 1 atom stereocenters.